The molecule has 0 aliphatic carbocycles. The van der Waals surface area contributed by atoms with Crippen molar-refractivity contribution in [1.29, 1.82) is 5.26 Å². The number of nitriles is 1. The number of ether oxygens (including phenoxy) is 1. The van der Waals surface area contributed by atoms with E-state index in [4.69, 9.17) is 10.00 Å². The van der Waals surface area contributed by atoms with Crippen molar-refractivity contribution in [2.24, 2.45) is 5.92 Å². The summed E-state index contributed by atoms with van der Waals surface area (Å²) in [5.41, 5.74) is 2.81. The Morgan fingerprint density at radius 1 is 1.29 bits per heavy atom. The topological polar surface area (TPSA) is 45.0 Å². The van der Waals surface area contributed by atoms with Gasteiger partial charge in [0.25, 0.3) is 0 Å². The fourth-order valence-corrected chi connectivity index (χ4v) is 3.08. The molecule has 0 radical (unpaired) electrons. The van der Waals surface area contributed by atoms with E-state index in [1.807, 2.05) is 36.4 Å². The monoisotopic (exact) mass is 342 g/mol. The smallest absolute Gasteiger partial charge is 0.124 e. The summed E-state index contributed by atoms with van der Waals surface area (Å²) in [6, 6.07) is 16.1. The van der Waals surface area contributed by atoms with Crippen molar-refractivity contribution in [2.75, 3.05) is 11.9 Å². The van der Waals surface area contributed by atoms with E-state index in [0.717, 1.165) is 15.9 Å². The first kappa shape index (κ1) is 14.0. The molecule has 0 saturated carbocycles. The van der Waals surface area contributed by atoms with Crippen molar-refractivity contribution >= 4 is 21.6 Å². The Bertz CT molecular complexity index is 708. The Labute approximate surface area is 132 Å². The molecule has 1 N–H and O–H groups in total. The van der Waals surface area contributed by atoms with Gasteiger partial charge < -0.3 is 10.1 Å². The van der Waals surface area contributed by atoms with Gasteiger partial charge in [-0.25, -0.2) is 0 Å². The molecule has 0 bridgehead atoms. The van der Waals surface area contributed by atoms with E-state index >= 15 is 0 Å². The first-order valence-corrected chi connectivity index (χ1v) is 7.66. The second kappa shape index (κ2) is 5.79. The normalized spacial score (nSPS) is 20.0. The first-order chi connectivity index (χ1) is 10.2. The van der Waals surface area contributed by atoms with Crippen LogP contribution in [0.4, 0.5) is 5.69 Å². The van der Waals surface area contributed by atoms with Crippen molar-refractivity contribution in [1.82, 2.24) is 0 Å². The average Bonchev–Trinajstić information content (AvgIpc) is 2.51. The average molecular weight is 343 g/mol. The number of hydrogen-bond donors (Lipinski definition) is 1. The third-order valence-electron chi connectivity index (χ3n) is 3.73. The number of para-hydroxylation sites is 1. The Balaban J connectivity index is 1.93. The number of fused-ring (bicyclic) bond motifs is 1. The molecule has 106 valence electrons. The maximum atomic E-state index is 8.94. The second-order valence-corrected chi connectivity index (χ2v) is 6.11. The van der Waals surface area contributed by atoms with Gasteiger partial charge in [-0.3, -0.25) is 0 Å². The summed E-state index contributed by atoms with van der Waals surface area (Å²) in [5.74, 6) is 1.31. The maximum absolute atomic E-state index is 8.94. The summed E-state index contributed by atoms with van der Waals surface area (Å²) < 4.78 is 6.68. The molecular weight excluding hydrogens is 328 g/mol. The van der Waals surface area contributed by atoms with Crippen LogP contribution < -0.4 is 10.1 Å². The number of halogens is 1. The van der Waals surface area contributed by atoms with E-state index in [9.17, 15) is 0 Å². The quantitative estimate of drug-likeness (QED) is 0.873. The van der Waals surface area contributed by atoms with E-state index in [-0.39, 0.29) is 6.04 Å². The van der Waals surface area contributed by atoms with Crippen molar-refractivity contribution in [3.05, 3.63) is 58.1 Å². The number of anilines is 1. The van der Waals surface area contributed by atoms with Crippen LogP contribution >= 0.6 is 15.9 Å². The lowest BCUT2D eigenvalue weighted by Crippen LogP contribution is -2.28. The van der Waals surface area contributed by atoms with E-state index in [1.165, 1.54) is 5.56 Å². The van der Waals surface area contributed by atoms with Crippen LogP contribution in [-0.2, 0) is 0 Å². The summed E-state index contributed by atoms with van der Waals surface area (Å²) >= 11 is 3.53. The van der Waals surface area contributed by atoms with Gasteiger partial charge in [-0.1, -0.05) is 25.1 Å². The lowest BCUT2D eigenvalue weighted by molar-refractivity contribution is 0.214. The van der Waals surface area contributed by atoms with E-state index in [1.54, 1.807) is 0 Å². The number of benzene rings is 2. The molecule has 2 aromatic rings. The lowest BCUT2D eigenvalue weighted by atomic mass is 9.92. The van der Waals surface area contributed by atoms with Gasteiger partial charge >= 0.3 is 0 Å². The van der Waals surface area contributed by atoms with Crippen molar-refractivity contribution in [3.8, 4) is 11.8 Å². The lowest BCUT2D eigenvalue weighted by Gasteiger charge is -2.33. The molecule has 2 aromatic carbocycles. The molecule has 1 aliphatic heterocycles. The fourth-order valence-electron chi connectivity index (χ4n) is 2.58. The van der Waals surface area contributed by atoms with Gasteiger partial charge in [-0.2, -0.15) is 5.26 Å². The largest absolute Gasteiger partial charge is 0.493 e. The molecule has 0 spiro atoms. The fraction of sp³-hybridized carbons (Fsp3) is 0.235. The molecule has 0 saturated heterocycles. The Kier molecular flexibility index (Phi) is 3.85. The van der Waals surface area contributed by atoms with Crippen molar-refractivity contribution < 1.29 is 4.74 Å². The zero-order chi connectivity index (χ0) is 14.8. The van der Waals surface area contributed by atoms with E-state index in [0.29, 0.717) is 18.1 Å². The first-order valence-electron chi connectivity index (χ1n) is 6.87. The van der Waals surface area contributed by atoms with Crippen LogP contribution in [-0.4, -0.2) is 6.61 Å². The SMILES string of the molecule is CC1COc2ccccc2C1Nc1ccc(C#N)cc1Br. The van der Waals surface area contributed by atoms with Gasteiger partial charge in [0.2, 0.25) is 0 Å². The summed E-state index contributed by atoms with van der Waals surface area (Å²) in [7, 11) is 0. The summed E-state index contributed by atoms with van der Waals surface area (Å²) in [6.45, 7) is 2.87. The molecule has 21 heavy (non-hydrogen) atoms. The van der Waals surface area contributed by atoms with Crippen LogP contribution in [0, 0.1) is 17.2 Å². The van der Waals surface area contributed by atoms with Crippen LogP contribution in [0.3, 0.4) is 0 Å². The standard InChI is InChI=1S/C17H15BrN2O/c1-11-10-21-16-5-3-2-4-13(16)17(11)20-15-7-6-12(9-19)8-14(15)18/h2-8,11,17,20H,10H2,1H3. The molecule has 2 atom stereocenters. The number of hydrogen-bond acceptors (Lipinski definition) is 3. The maximum Gasteiger partial charge on any atom is 0.124 e. The van der Waals surface area contributed by atoms with Gasteiger partial charge in [0.1, 0.15) is 5.75 Å². The van der Waals surface area contributed by atoms with Gasteiger partial charge in [0, 0.05) is 21.6 Å². The molecular formula is C17H15BrN2O. The molecule has 1 heterocycles. The molecule has 0 amide bonds. The third kappa shape index (κ3) is 2.74. The minimum atomic E-state index is 0.194. The molecule has 3 rings (SSSR count). The van der Waals surface area contributed by atoms with Crippen molar-refractivity contribution in [2.45, 2.75) is 13.0 Å². The molecule has 3 nitrogen and oxygen atoms in total. The third-order valence-corrected chi connectivity index (χ3v) is 4.39. The Hall–Kier alpha value is -1.99. The highest BCUT2D eigenvalue weighted by Gasteiger charge is 2.27. The molecule has 0 aromatic heterocycles. The minimum Gasteiger partial charge on any atom is -0.493 e. The van der Waals surface area contributed by atoms with Crippen molar-refractivity contribution in [3.63, 3.8) is 0 Å². The Morgan fingerprint density at radius 3 is 2.86 bits per heavy atom. The van der Waals surface area contributed by atoms with Gasteiger partial charge in [-0.05, 0) is 40.2 Å². The number of nitrogens with one attached hydrogen (secondary N) is 1. The predicted molar refractivity (Wildman–Crippen MR) is 86.3 cm³/mol. The summed E-state index contributed by atoms with van der Waals surface area (Å²) in [5, 5.41) is 12.5. The van der Waals surface area contributed by atoms with Crippen LogP contribution in [0.1, 0.15) is 24.1 Å². The minimum absolute atomic E-state index is 0.194. The Morgan fingerprint density at radius 2 is 2.10 bits per heavy atom. The van der Waals surface area contributed by atoms with Gasteiger partial charge in [0.05, 0.1) is 24.3 Å². The predicted octanol–water partition coefficient (Wildman–Crippen LogP) is 4.50. The van der Waals surface area contributed by atoms with Crippen LogP contribution in [0.5, 0.6) is 5.75 Å². The summed E-state index contributed by atoms with van der Waals surface area (Å²) in [4.78, 5) is 0. The van der Waals surface area contributed by atoms with Gasteiger partial charge in [-0.15, -0.1) is 0 Å². The molecule has 1 aliphatic rings. The highest BCUT2D eigenvalue weighted by Crippen LogP contribution is 2.38. The molecule has 0 fully saturated rings. The molecule has 2 unspecified atom stereocenters. The second-order valence-electron chi connectivity index (χ2n) is 5.25. The summed E-state index contributed by atoms with van der Waals surface area (Å²) in [6.07, 6.45) is 0. The van der Waals surface area contributed by atoms with E-state index in [2.05, 4.69) is 40.3 Å². The molecule has 4 heteroatoms. The van der Waals surface area contributed by atoms with Crippen LogP contribution in [0.15, 0.2) is 46.9 Å². The van der Waals surface area contributed by atoms with Crippen LogP contribution in [0.25, 0.3) is 0 Å². The number of rotatable bonds is 2. The zero-order valence-corrected chi connectivity index (χ0v) is 13.2. The zero-order valence-electron chi connectivity index (χ0n) is 11.6. The highest BCUT2D eigenvalue weighted by molar-refractivity contribution is 9.10. The number of nitrogens with zero attached hydrogens (tertiary/aromatic N) is 1. The van der Waals surface area contributed by atoms with Crippen LogP contribution in [0.2, 0.25) is 0 Å². The van der Waals surface area contributed by atoms with Gasteiger partial charge in [0.15, 0.2) is 0 Å². The van der Waals surface area contributed by atoms with E-state index < -0.39 is 0 Å². The highest BCUT2D eigenvalue weighted by atomic mass is 79.9.